The SMILES string of the molecule is CCCN(C1CC1)S(=O)(=O)c1ccc(OCCCO)cc1. The number of nitrogens with zero attached hydrogens (tertiary/aromatic N) is 1. The van der Waals surface area contributed by atoms with E-state index >= 15 is 0 Å². The summed E-state index contributed by atoms with van der Waals surface area (Å²) in [4.78, 5) is 0.317. The quantitative estimate of drug-likeness (QED) is 0.708. The lowest BCUT2D eigenvalue weighted by Gasteiger charge is -2.21. The average Bonchev–Trinajstić information content (AvgIpc) is 3.30. The minimum atomic E-state index is -3.40. The minimum Gasteiger partial charge on any atom is -0.494 e. The summed E-state index contributed by atoms with van der Waals surface area (Å²) in [6.45, 7) is 3.07. The summed E-state index contributed by atoms with van der Waals surface area (Å²) < 4.78 is 32.3. The molecule has 0 atom stereocenters. The van der Waals surface area contributed by atoms with Crippen LogP contribution >= 0.6 is 0 Å². The molecule has 1 aromatic rings. The van der Waals surface area contributed by atoms with Crippen LogP contribution in [-0.4, -0.2) is 43.6 Å². The van der Waals surface area contributed by atoms with Gasteiger partial charge in [-0.3, -0.25) is 0 Å². The van der Waals surface area contributed by atoms with Crippen LogP contribution in [0.25, 0.3) is 0 Å². The molecule has 1 saturated carbocycles. The van der Waals surface area contributed by atoms with Gasteiger partial charge in [-0.1, -0.05) is 6.92 Å². The maximum atomic E-state index is 12.6. The first-order valence-electron chi connectivity index (χ1n) is 7.45. The maximum Gasteiger partial charge on any atom is 0.243 e. The summed E-state index contributed by atoms with van der Waals surface area (Å²) in [5, 5.41) is 8.70. The van der Waals surface area contributed by atoms with Crippen molar-refractivity contribution in [3.63, 3.8) is 0 Å². The molecular weight excluding hydrogens is 290 g/mol. The molecule has 1 aliphatic rings. The fourth-order valence-corrected chi connectivity index (χ4v) is 3.96. The van der Waals surface area contributed by atoms with Gasteiger partial charge < -0.3 is 9.84 Å². The third kappa shape index (κ3) is 4.18. The molecule has 2 rings (SSSR count). The van der Waals surface area contributed by atoms with Crippen molar-refractivity contribution in [2.45, 2.75) is 43.5 Å². The van der Waals surface area contributed by atoms with Crippen LogP contribution in [0.2, 0.25) is 0 Å². The number of aliphatic hydroxyl groups excluding tert-OH is 1. The lowest BCUT2D eigenvalue weighted by Crippen LogP contribution is -2.33. The Morgan fingerprint density at radius 2 is 1.95 bits per heavy atom. The first-order chi connectivity index (χ1) is 10.1. The lowest BCUT2D eigenvalue weighted by molar-refractivity contribution is 0.233. The Morgan fingerprint density at radius 3 is 2.48 bits per heavy atom. The first-order valence-corrected chi connectivity index (χ1v) is 8.89. The molecule has 118 valence electrons. The summed E-state index contributed by atoms with van der Waals surface area (Å²) in [7, 11) is -3.40. The van der Waals surface area contributed by atoms with Gasteiger partial charge >= 0.3 is 0 Å². The van der Waals surface area contributed by atoms with Crippen molar-refractivity contribution in [1.82, 2.24) is 4.31 Å². The van der Waals surface area contributed by atoms with E-state index in [0.29, 0.717) is 30.2 Å². The van der Waals surface area contributed by atoms with Crippen molar-refractivity contribution >= 4 is 10.0 Å². The molecule has 0 amide bonds. The van der Waals surface area contributed by atoms with Crippen LogP contribution in [0.15, 0.2) is 29.2 Å². The predicted molar refractivity (Wildman–Crippen MR) is 80.8 cm³/mol. The van der Waals surface area contributed by atoms with Gasteiger partial charge in [-0.15, -0.1) is 0 Å². The van der Waals surface area contributed by atoms with E-state index in [1.807, 2.05) is 6.92 Å². The highest BCUT2D eigenvalue weighted by atomic mass is 32.2. The summed E-state index contributed by atoms with van der Waals surface area (Å²) >= 11 is 0. The largest absolute Gasteiger partial charge is 0.494 e. The smallest absolute Gasteiger partial charge is 0.243 e. The Labute approximate surface area is 126 Å². The zero-order valence-corrected chi connectivity index (χ0v) is 13.2. The Kier molecular flexibility index (Phi) is 5.61. The van der Waals surface area contributed by atoms with Crippen molar-refractivity contribution in [1.29, 1.82) is 0 Å². The molecule has 1 aliphatic carbocycles. The normalized spacial score (nSPS) is 15.4. The molecule has 0 unspecified atom stereocenters. The summed E-state index contributed by atoms with van der Waals surface area (Å²) in [5.41, 5.74) is 0. The van der Waals surface area contributed by atoms with Crippen molar-refractivity contribution in [3.05, 3.63) is 24.3 Å². The molecule has 21 heavy (non-hydrogen) atoms. The van der Waals surface area contributed by atoms with Crippen LogP contribution in [-0.2, 0) is 10.0 Å². The summed E-state index contributed by atoms with van der Waals surface area (Å²) in [6.07, 6.45) is 3.30. The number of hydrogen-bond acceptors (Lipinski definition) is 4. The van der Waals surface area contributed by atoms with Crippen LogP contribution in [0.5, 0.6) is 5.75 Å². The van der Waals surface area contributed by atoms with Gasteiger partial charge in [0.15, 0.2) is 0 Å². The van der Waals surface area contributed by atoms with E-state index < -0.39 is 10.0 Å². The molecule has 1 fully saturated rings. The Hall–Kier alpha value is -1.11. The molecule has 1 aromatic carbocycles. The highest BCUT2D eigenvalue weighted by Gasteiger charge is 2.37. The zero-order chi connectivity index (χ0) is 15.3. The number of aliphatic hydroxyl groups is 1. The summed E-state index contributed by atoms with van der Waals surface area (Å²) in [5.74, 6) is 0.621. The fourth-order valence-electron chi connectivity index (χ4n) is 2.18. The second-order valence-electron chi connectivity index (χ2n) is 5.24. The molecular formula is C15H23NO4S. The Morgan fingerprint density at radius 1 is 1.29 bits per heavy atom. The monoisotopic (exact) mass is 313 g/mol. The molecule has 0 bridgehead atoms. The minimum absolute atomic E-state index is 0.0832. The third-order valence-electron chi connectivity index (χ3n) is 3.40. The second kappa shape index (κ2) is 7.24. The van der Waals surface area contributed by atoms with Gasteiger partial charge in [0.2, 0.25) is 10.0 Å². The van der Waals surface area contributed by atoms with Gasteiger partial charge in [0, 0.05) is 25.6 Å². The molecule has 0 heterocycles. The Balaban J connectivity index is 2.08. The first kappa shape index (κ1) is 16.3. The summed E-state index contributed by atoms with van der Waals surface area (Å²) in [6, 6.07) is 6.70. The van der Waals surface area contributed by atoms with Gasteiger partial charge in [0.05, 0.1) is 11.5 Å². The van der Waals surface area contributed by atoms with E-state index in [1.54, 1.807) is 28.6 Å². The lowest BCUT2D eigenvalue weighted by atomic mass is 10.3. The molecule has 0 spiro atoms. The number of ether oxygens (including phenoxy) is 1. The van der Waals surface area contributed by atoms with Crippen LogP contribution < -0.4 is 4.74 Å². The molecule has 6 heteroatoms. The Bertz CT molecular complexity index is 537. The van der Waals surface area contributed by atoms with Crippen LogP contribution in [0.4, 0.5) is 0 Å². The van der Waals surface area contributed by atoms with E-state index in [4.69, 9.17) is 9.84 Å². The van der Waals surface area contributed by atoms with Crippen molar-refractivity contribution < 1.29 is 18.3 Å². The molecule has 0 aromatic heterocycles. The van der Waals surface area contributed by atoms with Crippen molar-refractivity contribution in [2.24, 2.45) is 0 Å². The van der Waals surface area contributed by atoms with Crippen LogP contribution in [0.3, 0.4) is 0 Å². The number of sulfonamides is 1. The van der Waals surface area contributed by atoms with Crippen LogP contribution in [0, 0.1) is 0 Å². The molecule has 0 aliphatic heterocycles. The number of benzene rings is 1. The fraction of sp³-hybridized carbons (Fsp3) is 0.600. The second-order valence-corrected chi connectivity index (χ2v) is 7.13. The molecule has 1 N–H and O–H groups in total. The third-order valence-corrected chi connectivity index (χ3v) is 5.37. The van der Waals surface area contributed by atoms with E-state index in [2.05, 4.69) is 0 Å². The van der Waals surface area contributed by atoms with Crippen LogP contribution in [0.1, 0.15) is 32.6 Å². The van der Waals surface area contributed by atoms with Gasteiger partial charge in [0.25, 0.3) is 0 Å². The van der Waals surface area contributed by atoms with Crippen molar-refractivity contribution in [3.8, 4) is 5.75 Å². The van der Waals surface area contributed by atoms with Gasteiger partial charge in [-0.05, 0) is 43.5 Å². The van der Waals surface area contributed by atoms with Gasteiger partial charge in [-0.25, -0.2) is 8.42 Å². The van der Waals surface area contributed by atoms with Gasteiger partial charge in [0.1, 0.15) is 5.75 Å². The number of rotatable bonds is 9. The van der Waals surface area contributed by atoms with E-state index in [1.165, 1.54) is 0 Å². The van der Waals surface area contributed by atoms with E-state index in [-0.39, 0.29) is 12.6 Å². The highest BCUT2D eigenvalue weighted by molar-refractivity contribution is 7.89. The predicted octanol–water partition coefficient (Wildman–Crippen LogP) is 2.01. The number of hydrogen-bond donors (Lipinski definition) is 1. The molecule has 0 radical (unpaired) electrons. The van der Waals surface area contributed by atoms with E-state index in [0.717, 1.165) is 19.3 Å². The highest BCUT2D eigenvalue weighted by Crippen LogP contribution is 2.32. The van der Waals surface area contributed by atoms with Gasteiger partial charge in [-0.2, -0.15) is 4.31 Å². The van der Waals surface area contributed by atoms with Crippen molar-refractivity contribution in [2.75, 3.05) is 19.8 Å². The standard InChI is InChI=1S/C15H23NO4S/c1-2-10-16(13-4-5-13)21(18,19)15-8-6-14(7-9-15)20-12-3-11-17/h6-9,13,17H,2-5,10-12H2,1H3. The molecule has 0 saturated heterocycles. The average molecular weight is 313 g/mol. The zero-order valence-electron chi connectivity index (χ0n) is 12.4. The topological polar surface area (TPSA) is 66.8 Å². The van der Waals surface area contributed by atoms with E-state index in [9.17, 15) is 8.42 Å². The molecule has 5 nitrogen and oxygen atoms in total. The maximum absolute atomic E-state index is 12.6.